The maximum Gasteiger partial charge on any atom is 0.362 e. The predicted molar refractivity (Wildman–Crippen MR) is 247 cm³/mol. The standard InChI is InChI=1S/C51H85NO7/c1-6-8-10-12-14-16-18-20-22-24-25-26-28-30-32-34-36-38-40-42-50(54)59-47(45-57-44-43-48(51(55)56)52(3,4)5)46-58-49(53)41-39-37-35-33-31-29-27-23-21-19-17-15-13-11-9-7-2/h8-11,14-17,20-23,25-26,47-48H,6-7,12-13,18-19,24,27-46H2,1-5H3/p+1/b10-8+,11-9+,16-14+,17-15+,22-20+,23-21+,26-25+. The van der Waals surface area contributed by atoms with E-state index in [9.17, 15) is 19.5 Å². The van der Waals surface area contributed by atoms with E-state index in [0.29, 0.717) is 19.3 Å². The molecule has 0 spiro atoms. The van der Waals surface area contributed by atoms with Gasteiger partial charge in [-0.2, -0.15) is 0 Å². The average Bonchev–Trinajstić information content (AvgIpc) is 3.19. The fourth-order valence-corrected chi connectivity index (χ4v) is 6.27. The molecule has 0 aliphatic heterocycles. The van der Waals surface area contributed by atoms with Gasteiger partial charge >= 0.3 is 17.9 Å². The van der Waals surface area contributed by atoms with Gasteiger partial charge in [0.2, 0.25) is 0 Å². The van der Waals surface area contributed by atoms with Crippen molar-refractivity contribution in [3.05, 3.63) is 85.1 Å². The number of carboxylic acids is 1. The highest BCUT2D eigenvalue weighted by atomic mass is 16.6. The number of nitrogens with zero attached hydrogens (tertiary/aromatic N) is 1. The van der Waals surface area contributed by atoms with Crippen molar-refractivity contribution < 1.29 is 38.2 Å². The van der Waals surface area contributed by atoms with Gasteiger partial charge in [0.1, 0.15) is 6.61 Å². The molecule has 0 aliphatic rings. The zero-order chi connectivity index (χ0) is 43.5. The van der Waals surface area contributed by atoms with Crippen LogP contribution in [0, 0.1) is 0 Å². The van der Waals surface area contributed by atoms with E-state index in [2.05, 4.69) is 98.9 Å². The summed E-state index contributed by atoms with van der Waals surface area (Å²) in [5, 5.41) is 9.63. The number of esters is 2. The highest BCUT2D eigenvalue weighted by Crippen LogP contribution is 2.13. The van der Waals surface area contributed by atoms with Crippen LogP contribution in [-0.2, 0) is 28.6 Å². The number of aliphatic carboxylic acids is 1. The van der Waals surface area contributed by atoms with Gasteiger partial charge in [0, 0.05) is 19.3 Å². The SMILES string of the molecule is CC/C=C/C/C=C/C/C=C/C/C=C/CCCCCCCCC(=O)OC(COCCC(C(=O)O)[N+](C)(C)C)COC(=O)CCCCCCCC/C=C/C/C=C/C/C=C/CC. The van der Waals surface area contributed by atoms with Gasteiger partial charge in [0.15, 0.2) is 12.1 Å². The second-order valence-electron chi connectivity index (χ2n) is 16.2. The smallest absolute Gasteiger partial charge is 0.362 e. The Morgan fingerprint density at radius 1 is 0.508 bits per heavy atom. The molecule has 2 unspecified atom stereocenters. The first-order chi connectivity index (χ1) is 28.6. The van der Waals surface area contributed by atoms with Gasteiger partial charge in [0.25, 0.3) is 0 Å². The minimum absolute atomic E-state index is 0.0459. The number of ether oxygens (including phenoxy) is 3. The number of hydrogen-bond acceptors (Lipinski definition) is 6. The Balaban J connectivity index is 4.38. The van der Waals surface area contributed by atoms with Gasteiger partial charge in [-0.1, -0.05) is 150 Å². The Morgan fingerprint density at radius 3 is 1.32 bits per heavy atom. The van der Waals surface area contributed by atoms with E-state index in [4.69, 9.17) is 14.2 Å². The lowest BCUT2D eigenvalue weighted by atomic mass is 10.1. The molecule has 8 nitrogen and oxygen atoms in total. The first-order valence-electron chi connectivity index (χ1n) is 23.1. The third-order valence-corrected chi connectivity index (χ3v) is 9.79. The van der Waals surface area contributed by atoms with E-state index < -0.39 is 18.1 Å². The Morgan fingerprint density at radius 2 is 0.898 bits per heavy atom. The first kappa shape index (κ1) is 55.5. The number of carbonyl (C=O) groups is 3. The van der Waals surface area contributed by atoms with E-state index in [-0.39, 0.29) is 36.2 Å². The third-order valence-electron chi connectivity index (χ3n) is 9.79. The minimum atomic E-state index is -0.883. The second-order valence-corrected chi connectivity index (χ2v) is 16.2. The van der Waals surface area contributed by atoms with Gasteiger partial charge in [0.05, 0.1) is 34.4 Å². The van der Waals surface area contributed by atoms with Crippen molar-refractivity contribution in [2.45, 2.75) is 180 Å². The number of allylic oxidation sites excluding steroid dienone is 14. The minimum Gasteiger partial charge on any atom is -0.477 e. The maximum atomic E-state index is 12.8. The summed E-state index contributed by atoms with van der Waals surface area (Å²) >= 11 is 0. The van der Waals surface area contributed by atoms with Crippen LogP contribution in [0.15, 0.2) is 85.1 Å². The number of quaternary nitrogens is 1. The molecule has 0 saturated heterocycles. The van der Waals surface area contributed by atoms with Gasteiger partial charge in [-0.3, -0.25) is 9.59 Å². The number of unbranched alkanes of at least 4 members (excludes halogenated alkanes) is 12. The Bertz CT molecular complexity index is 1240. The zero-order valence-electron chi connectivity index (χ0n) is 38.2. The summed E-state index contributed by atoms with van der Waals surface area (Å²) in [5.74, 6) is -1.51. The van der Waals surface area contributed by atoms with Crippen LogP contribution in [-0.4, -0.2) is 80.6 Å². The highest BCUT2D eigenvalue weighted by Gasteiger charge is 2.31. The normalized spacial score (nSPS) is 13.7. The average molecular weight is 825 g/mol. The van der Waals surface area contributed by atoms with E-state index in [1.165, 1.54) is 25.7 Å². The van der Waals surface area contributed by atoms with Gasteiger partial charge in [-0.15, -0.1) is 0 Å². The maximum absolute atomic E-state index is 12.8. The summed E-state index contributed by atoms with van der Waals surface area (Å²) < 4.78 is 17.3. The molecular formula is C51H86NO7+. The van der Waals surface area contributed by atoms with Crippen molar-refractivity contribution in [2.24, 2.45) is 0 Å². The van der Waals surface area contributed by atoms with Crippen molar-refractivity contribution in [1.82, 2.24) is 0 Å². The van der Waals surface area contributed by atoms with E-state index >= 15 is 0 Å². The van der Waals surface area contributed by atoms with Crippen molar-refractivity contribution in [1.29, 1.82) is 0 Å². The summed E-state index contributed by atoms with van der Waals surface area (Å²) in [6.45, 7) is 4.47. The van der Waals surface area contributed by atoms with Gasteiger partial charge in [-0.05, 0) is 83.5 Å². The molecule has 2 atom stereocenters. The van der Waals surface area contributed by atoms with Crippen LogP contribution < -0.4 is 0 Å². The van der Waals surface area contributed by atoms with Crippen LogP contribution in [0.1, 0.15) is 168 Å². The van der Waals surface area contributed by atoms with E-state index in [1.807, 2.05) is 21.1 Å². The zero-order valence-corrected chi connectivity index (χ0v) is 38.2. The van der Waals surface area contributed by atoms with Crippen LogP contribution in [0.3, 0.4) is 0 Å². The van der Waals surface area contributed by atoms with E-state index in [0.717, 1.165) is 109 Å². The highest BCUT2D eigenvalue weighted by molar-refractivity contribution is 5.72. The number of hydrogen-bond donors (Lipinski definition) is 1. The molecule has 0 saturated carbocycles. The van der Waals surface area contributed by atoms with Crippen molar-refractivity contribution in [3.8, 4) is 0 Å². The van der Waals surface area contributed by atoms with Crippen LogP contribution in [0.5, 0.6) is 0 Å². The fourth-order valence-electron chi connectivity index (χ4n) is 6.27. The number of carboxylic acid groups (broad SMARTS) is 1. The lowest BCUT2D eigenvalue weighted by molar-refractivity contribution is -0.887. The third kappa shape index (κ3) is 39.7. The number of rotatable bonds is 40. The first-order valence-corrected chi connectivity index (χ1v) is 23.1. The summed E-state index contributed by atoms with van der Waals surface area (Å²) in [6, 6.07) is -0.624. The quantitative estimate of drug-likeness (QED) is 0.0284. The molecule has 8 heteroatoms. The lowest BCUT2D eigenvalue weighted by Crippen LogP contribution is -2.50. The molecule has 0 radical (unpaired) electrons. The summed E-state index contributed by atoms with van der Waals surface area (Å²) in [4.78, 5) is 37.1. The molecule has 0 heterocycles. The predicted octanol–water partition coefficient (Wildman–Crippen LogP) is 12.9. The van der Waals surface area contributed by atoms with Crippen molar-refractivity contribution in [3.63, 3.8) is 0 Å². The Hall–Kier alpha value is -3.49. The molecule has 336 valence electrons. The summed E-state index contributed by atoms with van der Waals surface area (Å²) in [7, 11) is 5.51. The van der Waals surface area contributed by atoms with Gasteiger partial charge < -0.3 is 23.8 Å². The Kier molecular flexibility index (Phi) is 38.8. The molecule has 0 rings (SSSR count). The second kappa shape index (κ2) is 41.3. The van der Waals surface area contributed by atoms with Crippen LogP contribution >= 0.6 is 0 Å². The number of carbonyl (C=O) groups excluding carboxylic acids is 2. The van der Waals surface area contributed by atoms with E-state index in [1.54, 1.807) is 0 Å². The monoisotopic (exact) mass is 825 g/mol. The molecule has 59 heavy (non-hydrogen) atoms. The molecule has 0 aliphatic carbocycles. The Labute approximate surface area is 361 Å². The molecule has 0 aromatic carbocycles. The lowest BCUT2D eigenvalue weighted by Gasteiger charge is -2.31. The molecular weight excluding hydrogens is 739 g/mol. The number of likely N-dealkylation sites (N-methyl/N-ethyl adjacent to an activating group) is 1. The van der Waals surface area contributed by atoms with Crippen LogP contribution in [0.2, 0.25) is 0 Å². The molecule has 1 N–H and O–H groups in total. The van der Waals surface area contributed by atoms with Crippen LogP contribution in [0.25, 0.3) is 0 Å². The van der Waals surface area contributed by atoms with Crippen molar-refractivity contribution in [2.75, 3.05) is 41.0 Å². The van der Waals surface area contributed by atoms with Crippen LogP contribution in [0.4, 0.5) is 0 Å². The molecule has 0 bridgehead atoms. The molecule has 0 aromatic rings. The fraction of sp³-hybridized carbons (Fsp3) is 0.667. The summed E-state index contributed by atoms with van der Waals surface area (Å²) in [6.07, 6.45) is 53.4. The van der Waals surface area contributed by atoms with Crippen molar-refractivity contribution >= 4 is 17.9 Å². The molecule has 0 aromatic heterocycles. The van der Waals surface area contributed by atoms with Gasteiger partial charge in [-0.25, -0.2) is 4.79 Å². The largest absolute Gasteiger partial charge is 0.477 e. The molecule has 0 fully saturated rings. The summed E-state index contributed by atoms with van der Waals surface area (Å²) in [5.41, 5.74) is 0. The molecule has 0 amide bonds. The topological polar surface area (TPSA) is 99.1 Å².